The van der Waals surface area contributed by atoms with Crippen molar-refractivity contribution in [3.8, 4) is 17.0 Å². The van der Waals surface area contributed by atoms with Crippen LogP contribution in [0.5, 0.6) is 5.75 Å². The number of aromatic nitrogens is 1. The Kier molecular flexibility index (Phi) is 4.93. The quantitative estimate of drug-likeness (QED) is 0.661. The molecule has 0 spiro atoms. The molecule has 1 aromatic heterocycles. The molecule has 3 nitrogen and oxygen atoms in total. The molecule has 0 fully saturated rings. The number of thiazole rings is 1. The van der Waals surface area contributed by atoms with Gasteiger partial charge in [0.25, 0.3) is 0 Å². The molecule has 1 heterocycles. The van der Waals surface area contributed by atoms with E-state index in [2.05, 4.69) is 41.5 Å². The molecule has 23 heavy (non-hydrogen) atoms. The first-order valence-corrected chi connectivity index (χ1v) is 8.52. The number of hydrogen-bond acceptors (Lipinski definition) is 4. The van der Waals surface area contributed by atoms with Gasteiger partial charge in [0, 0.05) is 18.0 Å². The first kappa shape index (κ1) is 15.6. The Hall–Kier alpha value is -2.33. The molecule has 0 bridgehead atoms. The summed E-state index contributed by atoms with van der Waals surface area (Å²) in [7, 11) is 2.05. The van der Waals surface area contributed by atoms with Crippen LogP contribution in [0.3, 0.4) is 0 Å². The third kappa shape index (κ3) is 4.11. The molecular weight excluding hydrogens is 304 g/mol. The van der Waals surface area contributed by atoms with E-state index in [1.54, 1.807) is 11.3 Å². The van der Waals surface area contributed by atoms with Crippen LogP contribution in [0.4, 0.5) is 5.13 Å². The summed E-state index contributed by atoms with van der Waals surface area (Å²) in [6, 6.07) is 18.4. The molecule has 3 rings (SSSR count). The zero-order valence-corrected chi connectivity index (χ0v) is 14.2. The van der Waals surface area contributed by atoms with E-state index in [-0.39, 0.29) is 0 Å². The standard InChI is InChI=1S/C19H20N2OS/c1-15-8-10-17(11-9-15)22-13-12-21(2)19-20-18(14-23-19)16-6-4-3-5-7-16/h3-11,14H,12-13H2,1-2H3. The van der Waals surface area contributed by atoms with Crippen LogP contribution in [0.2, 0.25) is 0 Å². The number of anilines is 1. The third-order valence-electron chi connectivity index (χ3n) is 3.60. The fraction of sp³-hybridized carbons (Fsp3) is 0.211. The second kappa shape index (κ2) is 7.29. The van der Waals surface area contributed by atoms with Gasteiger partial charge in [-0.05, 0) is 19.1 Å². The first-order chi connectivity index (χ1) is 11.2. The molecule has 0 aliphatic heterocycles. The maximum atomic E-state index is 5.78. The van der Waals surface area contributed by atoms with Crippen LogP contribution in [0.1, 0.15) is 5.56 Å². The largest absolute Gasteiger partial charge is 0.492 e. The number of rotatable bonds is 6. The van der Waals surface area contributed by atoms with Crippen LogP contribution in [-0.2, 0) is 0 Å². The molecule has 2 aromatic carbocycles. The monoisotopic (exact) mass is 324 g/mol. The number of hydrogen-bond donors (Lipinski definition) is 0. The minimum atomic E-state index is 0.639. The van der Waals surface area contributed by atoms with Crippen molar-refractivity contribution in [3.05, 3.63) is 65.5 Å². The number of likely N-dealkylation sites (N-methyl/N-ethyl adjacent to an activating group) is 1. The summed E-state index contributed by atoms with van der Waals surface area (Å²) in [6.45, 7) is 3.51. The fourth-order valence-corrected chi connectivity index (χ4v) is 3.04. The van der Waals surface area contributed by atoms with E-state index in [1.807, 2.05) is 37.4 Å². The SMILES string of the molecule is Cc1ccc(OCCN(C)c2nc(-c3ccccc3)cs2)cc1. The highest BCUT2D eigenvalue weighted by Crippen LogP contribution is 2.26. The summed E-state index contributed by atoms with van der Waals surface area (Å²) in [6.07, 6.45) is 0. The van der Waals surface area contributed by atoms with Crippen molar-refractivity contribution in [2.24, 2.45) is 0 Å². The predicted molar refractivity (Wildman–Crippen MR) is 97.5 cm³/mol. The van der Waals surface area contributed by atoms with Crippen molar-refractivity contribution in [1.29, 1.82) is 0 Å². The van der Waals surface area contributed by atoms with E-state index in [1.165, 1.54) is 5.56 Å². The highest BCUT2D eigenvalue weighted by Gasteiger charge is 2.08. The maximum Gasteiger partial charge on any atom is 0.185 e. The van der Waals surface area contributed by atoms with Gasteiger partial charge in [-0.25, -0.2) is 4.98 Å². The van der Waals surface area contributed by atoms with Crippen LogP contribution in [0, 0.1) is 6.92 Å². The van der Waals surface area contributed by atoms with Crippen molar-refractivity contribution < 1.29 is 4.74 Å². The van der Waals surface area contributed by atoms with E-state index < -0.39 is 0 Å². The second-order valence-corrected chi connectivity index (χ2v) is 6.30. The van der Waals surface area contributed by atoms with Crippen LogP contribution in [0.25, 0.3) is 11.3 Å². The molecule has 0 saturated heterocycles. The smallest absolute Gasteiger partial charge is 0.185 e. The van der Waals surface area contributed by atoms with Crippen molar-refractivity contribution in [2.75, 3.05) is 25.1 Å². The van der Waals surface area contributed by atoms with Crippen molar-refractivity contribution in [2.45, 2.75) is 6.92 Å². The van der Waals surface area contributed by atoms with Gasteiger partial charge >= 0.3 is 0 Å². The van der Waals surface area contributed by atoms with Crippen molar-refractivity contribution >= 4 is 16.5 Å². The summed E-state index contributed by atoms with van der Waals surface area (Å²) in [5, 5.41) is 3.11. The summed E-state index contributed by atoms with van der Waals surface area (Å²) in [5.41, 5.74) is 3.42. The number of ether oxygens (including phenoxy) is 1. The van der Waals surface area contributed by atoms with Gasteiger partial charge in [-0.15, -0.1) is 11.3 Å². The summed E-state index contributed by atoms with van der Waals surface area (Å²) in [5.74, 6) is 0.910. The molecule has 3 aromatic rings. The Morgan fingerprint density at radius 2 is 1.78 bits per heavy atom. The highest BCUT2D eigenvalue weighted by molar-refractivity contribution is 7.14. The van der Waals surface area contributed by atoms with E-state index in [0.717, 1.165) is 28.7 Å². The topological polar surface area (TPSA) is 25.4 Å². The second-order valence-electron chi connectivity index (χ2n) is 5.46. The molecule has 0 atom stereocenters. The molecular formula is C19H20N2OS. The van der Waals surface area contributed by atoms with E-state index in [0.29, 0.717) is 6.61 Å². The minimum absolute atomic E-state index is 0.639. The lowest BCUT2D eigenvalue weighted by atomic mass is 10.2. The molecule has 118 valence electrons. The Morgan fingerprint density at radius 1 is 1.04 bits per heavy atom. The average molecular weight is 324 g/mol. The van der Waals surface area contributed by atoms with Gasteiger partial charge in [0.2, 0.25) is 0 Å². The molecule has 4 heteroatoms. The molecule has 0 amide bonds. The van der Waals surface area contributed by atoms with Gasteiger partial charge in [-0.3, -0.25) is 0 Å². The zero-order chi connectivity index (χ0) is 16.1. The molecule has 0 saturated carbocycles. The minimum Gasteiger partial charge on any atom is -0.492 e. The number of aryl methyl sites for hydroxylation is 1. The molecule has 0 unspecified atom stereocenters. The van der Waals surface area contributed by atoms with Crippen LogP contribution in [0.15, 0.2) is 60.0 Å². The Morgan fingerprint density at radius 3 is 2.52 bits per heavy atom. The van der Waals surface area contributed by atoms with Gasteiger partial charge in [0.1, 0.15) is 12.4 Å². The highest BCUT2D eigenvalue weighted by atomic mass is 32.1. The molecule has 0 aliphatic rings. The molecule has 0 N–H and O–H groups in total. The van der Waals surface area contributed by atoms with Gasteiger partial charge in [-0.1, -0.05) is 48.0 Å². The van der Waals surface area contributed by atoms with Crippen LogP contribution >= 0.6 is 11.3 Å². The van der Waals surface area contributed by atoms with E-state index >= 15 is 0 Å². The first-order valence-electron chi connectivity index (χ1n) is 7.64. The Bertz CT molecular complexity index is 738. The average Bonchev–Trinajstić information content (AvgIpc) is 3.07. The lowest BCUT2D eigenvalue weighted by Crippen LogP contribution is -2.23. The van der Waals surface area contributed by atoms with Gasteiger partial charge in [0.05, 0.1) is 12.2 Å². The van der Waals surface area contributed by atoms with E-state index in [4.69, 9.17) is 9.72 Å². The number of nitrogens with zero attached hydrogens (tertiary/aromatic N) is 2. The third-order valence-corrected chi connectivity index (χ3v) is 4.56. The summed E-state index contributed by atoms with van der Waals surface area (Å²) >= 11 is 1.66. The van der Waals surface area contributed by atoms with Crippen LogP contribution in [-0.4, -0.2) is 25.2 Å². The van der Waals surface area contributed by atoms with Gasteiger partial charge < -0.3 is 9.64 Å². The van der Waals surface area contributed by atoms with Crippen LogP contribution < -0.4 is 9.64 Å². The van der Waals surface area contributed by atoms with Crippen molar-refractivity contribution in [1.82, 2.24) is 4.98 Å². The predicted octanol–water partition coefficient (Wildman–Crippen LogP) is 4.63. The van der Waals surface area contributed by atoms with Crippen molar-refractivity contribution in [3.63, 3.8) is 0 Å². The zero-order valence-electron chi connectivity index (χ0n) is 13.4. The molecule has 0 aliphatic carbocycles. The summed E-state index contributed by atoms with van der Waals surface area (Å²) in [4.78, 5) is 6.84. The lowest BCUT2D eigenvalue weighted by Gasteiger charge is -2.16. The van der Waals surface area contributed by atoms with Gasteiger partial charge in [-0.2, -0.15) is 0 Å². The number of benzene rings is 2. The maximum absolute atomic E-state index is 5.78. The summed E-state index contributed by atoms with van der Waals surface area (Å²) < 4.78 is 5.78. The lowest BCUT2D eigenvalue weighted by molar-refractivity contribution is 0.326. The fourth-order valence-electron chi connectivity index (χ4n) is 2.21. The Labute approximate surface area is 141 Å². The Balaban J connectivity index is 1.55. The normalized spacial score (nSPS) is 10.5. The molecule has 0 radical (unpaired) electrons. The van der Waals surface area contributed by atoms with Gasteiger partial charge in [0.15, 0.2) is 5.13 Å². The van der Waals surface area contributed by atoms with E-state index in [9.17, 15) is 0 Å².